The second-order valence-electron chi connectivity index (χ2n) is 4.11. The van der Waals surface area contributed by atoms with Crippen LogP contribution in [0.1, 0.15) is 44.9 Å². The predicted octanol–water partition coefficient (Wildman–Crippen LogP) is 2.12. The number of hydrogen-bond acceptors (Lipinski definition) is 2. The standard InChI is InChI=1S/C11H21NO2/c13-11(14)7-10-12-8-5-3-1-2-4-6-9-12/h1-10H2,(H,13,14). The highest BCUT2D eigenvalue weighted by atomic mass is 16.4. The van der Waals surface area contributed by atoms with Gasteiger partial charge in [0.25, 0.3) is 0 Å². The molecule has 1 fully saturated rings. The SMILES string of the molecule is O=C(O)CCN1CCCCCCCC1. The number of nitrogens with zero attached hydrogens (tertiary/aromatic N) is 1. The van der Waals surface area contributed by atoms with E-state index in [0.29, 0.717) is 6.42 Å². The minimum Gasteiger partial charge on any atom is -0.481 e. The Hall–Kier alpha value is -0.570. The molecule has 0 unspecified atom stereocenters. The molecule has 0 atom stereocenters. The van der Waals surface area contributed by atoms with Crippen LogP contribution < -0.4 is 0 Å². The minimum absolute atomic E-state index is 0.292. The summed E-state index contributed by atoms with van der Waals surface area (Å²) >= 11 is 0. The summed E-state index contributed by atoms with van der Waals surface area (Å²) in [5.41, 5.74) is 0. The van der Waals surface area contributed by atoms with E-state index in [1.807, 2.05) is 0 Å². The van der Waals surface area contributed by atoms with Crippen molar-refractivity contribution in [3.05, 3.63) is 0 Å². The summed E-state index contributed by atoms with van der Waals surface area (Å²) in [6, 6.07) is 0. The molecule has 0 amide bonds. The van der Waals surface area contributed by atoms with Crippen molar-refractivity contribution < 1.29 is 9.90 Å². The molecule has 0 aromatic heterocycles. The number of carbonyl (C=O) groups is 1. The highest BCUT2D eigenvalue weighted by Gasteiger charge is 2.08. The molecule has 0 saturated carbocycles. The Labute approximate surface area is 86.1 Å². The van der Waals surface area contributed by atoms with E-state index in [1.165, 1.54) is 38.5 Å². The fourth-order valence-corrected chi connectivity index (χ4v) is 1.97. The maximum Gasteiger partial charge on any atom is 0.304 e. The van der Waals surface area contributed by atoms with Gasteiger partial charge in [-0.1, -0.05) is 25.7 Å². The fourth-order valence-electron chi connectivity index (χ4n) is 1.97. The van der Waals surface area contributed by atoms with Crippen molar-refractivity contribution in [2.45, 2.75) is 44.9 Å². The van der Waals surface area contributed by atoms with Crippen LogP contribution in [0.3, 0.4) is 0 Å². The van der Waals surface area contributed by atoms with Crippen molar-refractivity contribution in [1.82, 2.24) is 4.90 Å². The van der Waals surface area contributed by atoms with Crippen LogP contribution in [0, 0.1) is 0 Å². The lowest BCUT2D eigenvalue weighted by molar-refractivity contribution is -0.137. The number of carboxylic acids is 1. The second kappa shape index (κ2) is 6.82. The van der Waals surface area contributed by atoms with E-state index < -0.39 is 5.97 Å². The van der Waals surface area contributed by atoms with Crippen molar-refractivity contribution in [3.63, 3.8) is 0 Å². The largest absolute Gasteiger partial charge is 0.481 e. The first-order valence-electron chi connectivity index (χ1n) is 5.73. The van der Waals surface area contributed by atoms with Gasteiger partial charge in [-0.3, -0.25) is 4.79 Å². The highest BCUT2D eigenvalue weighted by Crippen LogP contribution is 2.11. The molecule has 0 aromatic carbocycles. The van der Waals surface area contributed by atoms with Gasteiger partial charge in [0.05, 0.1) is 6.42 Å². The van der Waals surface area contributed by atoms with E-state index in [4.69, 9.17) is 5.11 Å². The average molecular weight is 199 g/mol. The summed E-state index contributed by atoms with van der Waals surface area (Å²) in [5, 5.41) is 8.60. The molecular formula is C11H21NO2. The molecule has 0 radical (unpaired) electrons. The van der Waals surface area contributed by atoms with E-state index in [9.17, 15) is 4.79 Å². The first kappa shape index (κ1) is 11.5. The summed E-state index contributed by atoms with van der Waals surface area (Å²) in [7, 11) is 0. The third-order valence-corrected chi connectivity index (χ3v) is 2.84. The molecule has 0 bridgehead atoms. The smallest absolute Gasteiger partial charge is 0.304 e. The first-order valence-corrected chi connectivity index (χ1v) is 5.73. The second-order valence-corrected chi connectivity index (χ2v) is 4.11. The summed E-state index contributed by atoms with van der Waals surface area (Å²) in [6.07, 6.45) is 8.09. The monoisotopic (exact) mass is 199 g/mol. The lowest BCUT2D eigenvalue weighted by Crippen LogP contribution is -2.28. The average Bonchev–Trinajstić information content (AvgIpc) is 2.27. The highest BCUT2D eigenvalue weighted by molar-refractivity contribution is 5.66. The molecule has 14 heavy (non-hydrogen) atoms. The van der Waals surface area contributed by atoms with Crippen LogP contribution in [0.2, 0.25) is 0 Å². The van der Waals surface area contributed by atoms with Crippen LogP contribution in [-0.2, 0) is 4.79 Å². The van der Waals surface area contributed by atoms with Crippen molar-refractivity contribution in [1.29, 1.82) is 0 Å². The lowest BCUT2D eigenvalue weighted by Gasteiger charge is -2.20. The molecule has 0 aromatic rings. The Morgan fingerprint density at radius 1 is 1.00 bits per heavy atom. The quantitative estimate of drug-likeness (QED) is 0.757. The van der Waals surface area contributed by atoms with Crippen LogP contribution in [0.5, 0.6) is 0 Å². The molecule has 1 heterocycles. The number of aliphatic carboxylic acids is 1. The zero-order chi connectivity index (χ0) is 10.2. The third kappa shape index (κ3) is 5.22. The van der Waals surface area contributed by atoms with Crippen molar-refractivity contribution in [2.75, 3.05) is 19.6 Å². The number of carboxylic acid groups (broad SMARTS) is 1. The Bertz CT molecular complexity index is 161. The summed E-state index contributed by atoms with van der Waals surface area (Å²) < 4.78 is 0. The molecular weight excluding hydrogens is 178 g/mol. The van der Waals surface area contributed by atoms with Gasteiger partial charge in [0.1, 0.15) is 0 Å². The normalized spacial score (nSPS) is 20.9. The van der Waals surface area contributed by atoms with Crippen LogP contribution in [0.15, 0.2) is 0 Å². The minimum atomic E-state index is -0.676. The molecule has 3 heteroatoms. The Morgan fingerprint density at radius 3 is 2.00 bits per heavy atom. The van der Waals surface area contributed by atoms with Crippen LogP contribution in [0.25, 0.3) is 0 Å². The Kier molecular flexibility index (Phi) is 5.60. The third-order valence-electron chi connectivity index (χ3n) is 2.84. The van der Waals surface area contributed by atoms with Crippen LogP contribution in [-0.4, -0.2) is 35.6 Å². The Balaban J connectivity index is 2.21. The predicted molar refractivity (Wildman–Crippen MR) is 56.4 cm³/mol. The fraction of sp³-hybridized carbons (Fsp3) is 0.909. The van der Waals surface area contributed by atoms with Gasteiger partial charge in [-0.15, -0.1) is 0 Å². The van der Waals surface area contributed by atoms with E-state index in [2.05, 4.69) is 4.90 Å². The molecule has 1 saturated heterocycles. The molecule has 1 aliphatic heterocycles. The van der Waals surface area contributed by atoms with Gasteiger partial charge in [0.15, 0.2) is 0 Å². The van der Waals surface area contributed by atoms with E-state index in [0.717, 1.165) is 19.6 Å². The topological polar surface area (TPSA) is 40.5 Å². The number of rotatable bonds is 3. The molecule has 0 spiro atoms. The zero-order valence-electron chi connectivity index (χ0n) is 8.87. The molecule has 1 rings (SSSR count). The van der Waals surface area contributed by atoms with Crippen molar-refractivity contribution in [3.8, 4) is 0 Å². The van der Waals surface area contributed by atoms with Gasteiger partial charge < -0.3 is 10.0 Å². The maximum atomic E-state index is 10.4. The molecule has 82 valence electrons. The molecule has 3 nitrogen and oxygen atoms in total. The summed E-state index contributed by atoms with van der Waals surface area (Å²) in [6.45, 7) is 2.91. The summed E-state index contributed by atoms with van der Waals surface area (Å²) in [4.78, 5) is 12.7. The van der Waals surface area contributed by atoms with Gasteiger partial charge in [-0.25, -0.2) is 0 Å². The van der Waals surface area contributed by atoms with E-state index >= 15 is 0 Å². The van der Waals surface area contributed by atoms with Gasteiger partial charge in [0.2, 0.25) is 0 Å². The zero-order valence-corrected chi connectivity index (χ0v) is 8.87. The Morgan fingerprint density at radius 2 is 1.50 bits per heavy atom. The number of hydrogen-bond donors (Lipinski definition) is 1. The van der Waals surface area contributed by atoms with E-state index in [1.54, 1.807) is 0 Å². The van der Waals surface area contributed by atoms with Gasteiger partial charge in [-0.2, -0.15) is 0 Å². The van der Waals surface area contributed by atoms with Gasteiger partial charge >= 0.3 is 5.97 Å². The molecule has 1 aliphatic rings. The molecule has 1 N–H and O–H groups in total. The lowest BCUT2D eigenvalue weighted by atomic mass is 10.1. The van der Waals surface area contributed by atoms with Crippen molar-refractivity contribution >= 4 is 5.97 Å². The first-order chi connectivity index (χ1) is 6.79. The van der Waals surface area contributed by atoms with Gasteiger partial charge in [-0.05, 0) is 25.9 Å². The summed E-state index contributed by atoms with van der Waals surface area (Å²) in [5.74, 6) is -0.676. The molecule has 0 aliphatic carbocycles. The van der Waals surface area contributed by atoms with Crippen LogP contribution >= 0.6 is 0 Å². The van der Waals surface area contributed by atoms with Crippen molar-refractivity contribution in [2.24, 2.45) is 0 Å². The maximum absolute atomic E-state index is 10.4. The van der Waals surface area contributed by atoms with Crippen LogP contribution in [0.4, 0.5) is 0 Å². The van der Waals surface area contributed by atoms with E-state index in [-0.39, 0.29) is 0 Å². The van der Waals surface area contributed by atoms with Gasteiger partial charge in [0, 0.05) is 6.54 Å².